The van der Waals surface area contributed by atoms with Crippen LogP contribution in [0.15, 0.2) is 29.3 Å². The number of ether oxygens (including phenoxy) is 1. The predicted octanol–water partition coefficient (Wildman–Crippen LogP) is 2.63. The summed E-state index contributed by atoms with van der Waals surface area (Å²) in [6.07, 6.45) is 1.64. The van der Waals surface area contributed by atoms with E-state index in [1.165, 1.54) is 31.2 Å². The first-order valence-electron chi connectivity index (χ1n) is 9.79. The van der Waals surface area contributed by atoms with E-state index in [0.29, 0.717) is 17.0 Å². The third-order valence-electron chi connectivity index (χ3n) is 5.16. The lowest BCUT2D eigenvalue weighted by atomic mass is 10.0. The highest BCUT2D eigenvalue weighted by Crippen LogP contribution is 2.47. The lowest BCUT2D eigenvalue weighted by Crippen LogP contribution is -2.31. The third kappa shape index (κ3) is 3.88. The van der Waals surface area contributed by atoms with Crippen molar-refractivity contribution in [1.82, 2.24) is 4.98 Å². The van der Waals surface area contributed by atoms with Crippen molar-refractivity contribution in [1.29, 1.82) is 10.5 Å². The monoisotopic (exact) mass is 447 g/mol. The SMILES string of the molecule is CC(=O)Oc1ccc(N2C(=O)C[C@@H](Sc3nc(N)c(C#N)c(C4CC4)c3C#N)C2=O)cc1. The largest absolute Gasteiger partial charge is 0.427 e. The Labute approximate surface area is 187 Å². The number of nitrogen functional groups attached to an aromatic ring is 1. The van der Waals surface area contributed by atoms with Gasteiger partial charge in [-0.1, -0.05) is 11.8 Å². The van der Waals surface area contributed by atoms with Crippen LogP contribution in [0.25, 0.3) is 0 Å². The van der Waals surface area contributed by atoms with Crippen LogP contribution in [0.5, 0.6) is 5.75 Å². The van der Waals surface area contributed by atoms with Crippen LogP contribution in [0.2, 0.25) is 0 Å². The number of esters is 1. The molecular weight excluding hydrogens is 430 g/mol. The zero-order chi connectivity index (χ0) is 23.0. The van der Waals surface area contributed by atoms with Gasteiger partial charge in [-0.05, 0) is 48.6 Å². The Bertz CT molecular complexity index is 1220. The number of carbonyl (C=O) groups excluding carboxylic acids is 3. The van der Waals surface area contributed by atoms with E-state index < -0.39 is 23.0 Å². The van der Waals surface area contributed by atoms with Crippen LogP contribution >= 0.6 is 11.8 Å². The molecule has 0 spiro atoms. The zero-order valence-electron chi connectivity index (χ0n) is 17.0. The number of nitrogens with two attached hydrogens (primary N) is 1. The summed E-state index contributed by atoms with van der Waals surface area (Å²) in [6.45, 7) is 1.28. The van der Waals surface area contributed by atoms with E-state index in [0.717, 1.165) is 29.5 Å². The number of pyridine rings is 1. The topological polar surface area (TPSA) is 150 Å². The minimum absolute atomic E-state index is 0.0191. The number of imide groups is 1. The number of rotatable bonds is 5. The van der Waals surface area contributed by atoms with Crippen molar-refractivity contribution in [3.8, 4) is 17.9 Å². The zero-order valence-corrected chi connectivity index (χ0v) is 17.8. The van der Waals surface area contributed by atoms with Crippen molar-refractivity contribution in [2.24, 2.45) is 0 Å². The number of anilines is 2. The summed E-state index contributed by atoms with van der Waals surface area (Å²) in [5.41, 5.74) is 7.35. The van der Waals surface area contributed by atoms with Gasteiger partial charge in [0.25, 0.3) is 0 Å². The molecule has 2 fully saturated rings. The van der Waals surface area contributed by atoms with Gasteiger partial charge in [0, 0.05) is 13.3 Å². The van der Waals surface area contributed by atoms with E-state index in [4.69, 9.17) is 10.5 Å². The summed E-state index contributed by atoms with van der Waals surface area (Å²) >= 11 is 1.01. The molecule has 9 nitrogen and oxygen atoms in total. The van der Waals surface area contributed by atoms with Crippen molar-refractivity contribution >= 4 is 41.1 Å². The quantitative estimate of drug-likeness (QED) is 0.414. The standard InChI is InChI=1S/C22H17N5O4S/c1-11(28)31-14-6-4-13(5-7-14)27-18(29)8-17(22(27)30)32-21-16(10-24)19(12-2-3-12)15(9-23)20(25)26-21/h4-7,12,17H,2-3,8H2,1H3,(H2,25,26)/t17-/m1/s1. The maximum atomic E-state index is 13.0. The fraction of sp³-hybridized carbons (Fsp3) is 0.273. The smallest absolute Gasteiger partial charge is 0.308 e. The second-order valence-corrected chi connectivity index (χ2v) is 8.62. The van der Waals surface area contributed by atoms with Gasteiger partial charge in [0.05, 0.1) is 22.1 Å². The molecule has 0 bridgehead atoms. The molecule has 2 heterocycles. The van der Waals surface area contributed by atoms with Gasteiger partial charge in [-0.15, -0.1) is 0 Å². The second-order valence-electron chi connectivity index (χ2n) is 7.43. The first-order chi connectivity index (χ1) is 15.3. The van der Waals surface area contributed by atoms with Gasteiger partial charge in [-0.3, -0.25) is 14.4 Å². The highest BCUT2D eigenvalue weighted by molar-refractivity contribution is 8.00. The van der Waals surface area contributed by atoms with Gasteiger partial charge in [-0.25, -0.2) is 9.88 Å². The minimum Gasteiger partial charge on any atom is -0.427 e. The van der Waals surface area contributed by atoms with E-state index in [9.17, 15) is 24.9 Å². The first-order valence-corrected chi connectivity index (χ1v) is 10.7. The van der Waals surface area contributed by atoms with Crippen molar-refractivity contribution in [3.05, 3.63) is 41.0 Å². The number of carbonyl (C=O) groups is 3. The second kappa shape index (κ2) is 8.33. The molecule has 2 N–H and O–H groups in total. The Morgan fingerprint density at radius 2 is 1.84 bits per heavy atom. The van der Waals surface area contributed by atoms with Crippen LogP contribution in [0.1, 0.15) is 48.8 Å². The molecule has 1 aliphatic carbocycles. The number of aromatic nitrogens is 1. The number of amides is 2. The predicted molar refractivity (Wildman–Crippen MR) is 115 cm³/mol. The van der Waals surface area contributed by atoms with Gasteiger partial charge in [0.1, 0.15) is 28.7 Å². The summed E-state index contributed by atoms with van der Waals surface area (Å²) in [4.78, 5) is 42.0. The van der Waals surface area contributed by atoms with Crippen LogP contribution in [-0.2, 0) is 14.4 Å². The van der Waals surface area contributed by atoms with E-state index in [1.54, 1.807) is 0 Å². The molecule has 160 valence electrons. The molecule has 10 heteroatoms. The van der Waals surface area contributed by atoms with Gasteiger partial charge >= 0.3 is 5.97 Å². The Morgan fingerprint density at radius 1 is 1.19 bits per heavy atom. The third-order valence-corrected chi connectivity index (χ3v) is 6.33. The summed E-state index contributed by atoms with van der Waals surface area (Å²) in [6, 6.07) is 10.2. The van der Waals surface area contributed by atoms with Crippen LogP contribution in [0.4, 0.5) is 11.5 Å². The summed E-state index contributed by atoms with van der Waals surface area (Å²) in [7, 11) is 0. The molecule has 0 radical (unpaired) electrons. The minimum atomic E-state index is -0.783. The fourth-order valence-electron chi connectivity index (χ4n) is 3.62. The van der Waals surface area contributed by atoms with E-state index in [-0.39, 0.29) is 34.3 Å². The Morgan fingerprint density at radius 3 is 2.41 bits per heavy atom. The number of thioether (sulfide) groups is 1. The highest BCUT2D eigenvalue weighted by Gasteiger charge is 2.41. The normalized spacial score (nSPS) is 17.7. The molecule has 2 amide bonds. The van der Waals surface area contributed by atoms with Gasteiger partial charge in [0.2, 0.25) is 11.8 Å². The summed E-state index contributed by atoms with van der Waals surface area (Å²) in [5, 5.41) is 18.7. The molecule has 1 aliphatic heterocycles. The molecule has 32 heavy (non-hydrogen) atoms. The fourth-order valence-corrected chi connectivity index (χ4v) is 4.75. The van der Waals surface area contributed by atoms with Crippen LogP contribution in [-0.4, -0.2) is 28.0 Å². The molecule has 4 rings (SSSR count). The molecule has 1 aromatic carbocycles. The number of nitriles is 2. The average Bonchev–Trinajstić information content (AvgIpc) is 3.54. The van der Waals surface area contributed by atoms with Gasteiger partial charge in [0.15, 0.2) is 0 Å². The van der Waals surface area contributed by atoms with E-state index in [1.807, 2.05) is 6.07 Å². The number of hydrogen-bond donors (Lipinski definition) is 1. The highest BCUT2D eigenvalue weighted by atomic mass is 32.2. The summed E-state index contributed by atoms with van der Waals surface area (Å²) in [5.74, 6) is -0.912. The molecule has 2 aliphatic rings. The average molecular weight is 447 g/mol. The van der Waals surface area contributed by atoms with Crippen molar-refractivity contribution in [2.45, 2.75) is 42.4 Å². The maximum absolute atomic E-state index is 13.0. The van der Waals surface area contributed by atoms with E-state index >= 15 is 0 Å². The Kier molecular flexibility index (Phi) is 5.56. The summed E-state index contributed by atoms with van der Waals surface area (Å²) < 4.78 is 4.97. The molecule has 1 saturated heterocycles. The number of nitrogens with zero attached hydrogens (tertiary/aromatic N) is 4. The number of benzene rings is 1. The van der Waals surface area contributed by atoms with Gasteiger partial charge < -0.3 is 10.5 Å². The van der Waals surface area contributed by atoms with Crippen molar-refractivity contribution < 1.29 is 19.1 Å². The Hall–Kier alpha value is -3.89. The molecule has 1 aromatic heterocycles. The Balaban J connectivity index is 1.61. The molecular formula is C22H17N5O4S. The van der Waals surface area contributed by atoms with Crippen LogP contribution in [0.3, 0.4) is 0 Å². The van der Waals surface area contributed by atoms with Crippen LogP contribution < -0.4 is 15.4 Å². The first kappa shape index (κ1) is 21.3. The maximum Gasteiger partial charge on any atom is 0.308 e. The van der Waals surface area contributed by atoms with Gasteiger partial charge in [-0.2, -0.15) is 10.5 Å². The molecule has 1 atom stereocenters. The molecule has 0 unspecified atom stereocenters. The van der Waals surface area contributed by atoms with Crippen molar-refractivity contribution in [2.75, 3.05) is 10.6 Å². The lowest BCUT2D eigenvalue weighted by Gasteiger charge is -2.16. The van der Waals surface area contributed by atoms with Crippen LogP contribution in [0, 0.1) is 22.7 Å². The van der Waals surface area contributed by atoms with Crippen molar-refractivity contribution in [3.63, 3.8) is 0 Å². The molecule has 2 aromatic rings. The lowest BCUT2D eigenvalue weighted by molar-refractivity contribution is -0.132. The molecule has 1 saturated carbocycles. The number of hydrogen-bond acceptors (Lipinski definition) is 9. The van der Waals surface area contributed by atoms with E-state index in [2.05, 4.69) is 11.1 Å².